The van der Waals surface area contributed by atoms with Crippen LogP contribution < -0.4 is 15.4 Å². The maximum atomic E-state index is 12.7. The fourth-order valence-electron chi connectivity index (χ4n) is 4.88. The quantitative estimate of drug-likeness (QED) is 0.877. The van der Waals surface area contributed by atoms with Crippen LogP contribution in [0.3, 0.4) is 0 Å². The van der Waals surface area contributed by atoms with Gasteiger partial charge >= 0.3 is 0 Å². The number of amides is 2. The molecule has 3 atom stereocenters. The lowest BCUT2D eigenvalue weighted by molar-refractivity contribution is -0.118. The number of hydrogen-bond acceptors (Lipinski definition) is 3. The molecule has 128 valence electrons. The van der Waals surface area contributed by atoms with Gasteiger partial charge in [-0.2, -0.15) is 0 Å². The van der Waals surface area contributed by atoms with Crippen LogP contribution in [0, 0.1) is 16.7 Å². The van der Waals surface area contributed by atoms with Gasteiger partial charge in [0, 0.05) is 11.6 Å². The van der Waals surface area contributed by atoms with E-state index in [4.69, 9.17) is 4.74 Å². The summed E-state index contributed by atoms with van der Waals surface area (Å²) < 4.78 is 5.41. The lowest BCUT2D eigenvalue weighted by atomic mass is 9.69. The molecule has 5 nitrogen and oxygen atoms in total. The standard InChI is InChI=1S/C19H24N2O3/c1-18(2)12-6-7-19(18,3)15(9-12)21-17(23)11-4-5-13-14(8-11)24-10-16(22)20-13/h4-5,8,12,15H,6-7,9-10H2,1-3H3,(H,20,22)(H,21,23). The van der Waals surface area contributed by atoms with E-state index in [1.165, 1.54) is 12.8 Å². The molecule has 2 fully saturated rings. The van der Waals surface area contributed by atoms with Crippen LogP contribution in [-0.2, 0) is 4.79 Å². The minimum absolute atomic E-state index is 0.00532. The molecule has 3 unspecified atom stereocenters. The molecule has 5 heteroatoms. The first kappa shape index (κ1) is 15.5. The number of hydrogen-bond donors (Lipinski definition) is 2. The number of rotatable bonds is 2. The lowest BCUT2D eigenvalue weighted by Crippen LogP contribution is -2.46. The van der Waals surface area contributed by atoms with E-state index in [2.05, 4.69) is 31.4 Å². The van der Waals surface area contributed by atoms with E-state index in [0.717, 1.165) is 6.42 Å². The zero-order valence-electron chi connectivity index (χ0n) is 14.4. The summed E-state index contributed by atoms with van der Waals surface area (Å²) >= 11 is 0. The summed E-state index contributed by atoms with van der Waals surface area (Å²) in [5.41, 5.74) is 1.63. The van der Waals surface area contributed by atoms with Crippen LogP contribution in [0.15, 0.2) is 18.2 Å². The van der Waals surface area contributed by atoms with Gasteiger partial charge in [0.1, 0.15) is 5.75 Å². The average Bonchev–Trinajstić information content (AvgIpc) is 2.87. The summed E-state index contributed by atoms with van der Waals surface area (Å²) in [6, 6.07) is 5.40. The topological polar surface area (TPSA) is 67.4 Å². The first-order chi connectivity index (χ1) is 11.3. The summed E-state index contributed by atoms with van der Waals surface area (Å²) in [5, 5.41) is 6.00. The Kier molecular flexibility index (Phi) is 3.21. The van der Waals surface area contributed by atoms with Crippen molar-refractivity contribution in [3.63, 3.8) is 0 Å². The Morgan fingerprint density at radius 3 is 2.79 bits per heavy atom. The monoisotopic (exact) mass is 328 g/mol. The maximum Gasteiger partial charge on any atom is 0.262 e. The molecule has 0 saturated heterocycles. The Hall–Kier alpha value is -2.04. The van der Waals surface area contributed by atoms with E-state index in [1.807, 2.05) is 0 Å². The third-order valence-electron chi connectivity index (χ3n) is 6.98. The van der Waals surface area contributed by atoms with E-state index >= 15 is 0 Å². The van der Waals surface area contributed by atoms with Gasteiger partial charge in [-0.3, -0.25) is 9.59 Å². The molecule has 2 N–H and O–H groups in total. The van der Waals surface area contributed by atoms with Crippen LogP contribution in [0.1, 0.15) is 50.4 Å². The molecule has 1 aromatic carbocycles. The number of benzene rings is 1. The summed E-state index contributed by atoms with van der Waals surface area (Å²) in [7, 11) is 0. The van der Waals surface area contributed by atoms with Crippen molar-refractivity contribution in [2.45, 2.75) is 46.1 Å². The third-order valence-corrected chi connectivity index (χ3v) is 6.98. The largest absolute Gasteiger partial charge is 0.482 e. The number of ether oxygens (including phenoxy) is 1. The first-order valence-corrected chi connectivity index (χ1v) is 8.69. The van der Waals surface area contributed by atoms with Gasteiger partial charge in [-0.25, -0.2) is 0 Å². The molecule has 0 spiro atoms. The molecule has 1 heterocycles. The van der Waals surface area contributed by atoms with Gasteiger partial charge in [0.25, 0.3) is 11.8 Å². The number of fused-ring (bicyclic) bond motifs is 3. The van der Waals surface area contributed by atoms with Gasteiger partial charge in [-0.1, -0.05) is 20.8 Å². The summed E-state index contributed by atoms with van der Waals surface area (Å²) in [4.78, 5) is 24.1. The van der Waals surface area contributed by atoms with Crippen molar-refractivity contribution < 1.29 is 14.3 Å². The van der Waals surface area contributed by atoms with Crippen LogP contribution in [0.5, 0.6) is 5.75 Å². The second-order valence-corrected chi connectivity index (χ2v) is 8.18. The lowest BCUT2D eigenvalue weighted by Gasteiger charge is -2.39. The van der Waals surface area contributed by atoms with E-state index < -0.39 is 0 Å². The van der Waals surface area contributed by atoms with Gasteiger partial charge in [-0.15, -0.1) is 0 Å². The molecule has 1 aliphatic heterocycles. The number of nitrogens with one attached hydrogen (secondary N) is 2. The Labute approximate surface area is 142 Å². The fourth-order valence-corrected chi connectivity index (χ4v) is 4.88. The SMILES string of the molecule is CC1(C)C2CCC1(C)C(NC(=O)c1ccc3c(c1)OCC(=O)N3)C2. The van der Waals surface area contributed by atoms with Crippen molar-refractivity contribution in [3.8, 4) is 5.75 Å². The number of anilines is 1. The van der Waals surface area contributed by atoms with Crippen LogP contribution in [-0.4, -0.2) is 24.5 Å². The van der Waals surface area contributed by atoms with Gasteiger partial charge in [-0.05, 0) is 54.2 Å². The number of carbonyl (C=O) groups excluding carboxylic acids is 2. The zero-order chi connectivity index (χ0) is 17.1. The van der Waals surface area contributed by atoms with Gasteiger partial charge < -0.3 is 15.4 Å². The van der Waals surface area contributed by atoms with Crippen LogP contribution in [0.2, 0.25) is 0 Å². The Morgan fingerprint density at radius 1 is 1.33 bits per heavy atom. The summed E-state index contributed by atoms with van der Waals surface area (Å²) in [5.74, 6) is 1.02. The second-order valence-electron chi connectivity index (χ2n) is 8.18. The van der Waals surface area contributed by atoms with Crippen LogP contribution in [0.4, 0.5) is 5.69 Å². The molecule has 1 aromatic rings. The molecule has 0 aromatic heterocycles. The molecule has 2 bridgehead atoms. The highest BCUT2D eigenvalue weighted by atomic mass is 16.5. The van der Waals surface area contributed by atoms with Crippen molar-refractivity contribution in [2.75, 3.05) is 11.9 Å². The molecule has 4 rings (SSSR count). The molecular weight excluding hydrogens is 304 g/mol. The van der Waals surface area contributed by atoms with E-state index in [-0.39, 0.29) is 35.3 Å². The van der Waals surface area contributed by atoms with E-state index in [9.17, 15) is 9.59 Å². The predicted octanol–water partition coefficient (Wildman–Crippen LogP) is 2.96. The minimum atomic E-state index is -0.170. The summed E-state index contributed by atoms with van der Waals surface area (Å²) in [6.45, 7) is 6.99. The third kappa shape index (κ3) is 2.06. The minimum Gasteiger partial charge on any atom is -0.482 e. The molecule has 3 aliphatic rings. The molecule has 2 saturated carbocycles. The fraction of sp³-hybridized carbons (Fsp3) is 0.579. The molecule has 2 aliphatic carbocycles. The Balaban J connectivity index is 1.53. The smallest absolute Gasteiger partial charge is 0.262 e. The van der Waals surface area contributed by atoms with Crippen molar-refractivity contribution in [3.05, 3.63) is 23.8 Å². The van der Waals surface area contributed by atoms with Crippen molar-refractivity contribution in [1.82, 2.24) is 5.32 Å². The van der Waals surface area contributed by atoms with E-state index in [1.54, 1.807) is 18.2 Å². The molecule has 2 amide bonds. The summed E-state index contributed by atoms with van der Waals surface area (Å²) in [6.07, 6.45) is 3.50. The van der Waals surface area contributed by atoms with Crippen LogP contribution in [0.25, 0.3) is 0 Å². The average molecular weight is 328 g/mol. The molecular formula is C19H24N2O3. The normalized spacial score (nSPS) is 32.7. The first-order valence-electron chi connectivity index (χ1n) is 8.69. The molecule has 24 heavy (non-hydrogen) atoms. The maximum absolute atomic E-state index is 12.7. The highest BCUT2D eigenvalue weighted by Gasteiger charge is 2.61. The highest BCUT2D eigenvalue weighted by Crippen LogP contribution is 2.65. The van der Waals surface area contributed by atoms with Gasteiger partial charge in [0.05, 0.1) is 5.69 Å². The van der Waals surface area contributed by atoms with E-state index in [0.29, 0.717) is 22.9 Å². The van der Waals surface area contributed by atoms with Gasteiger partial charge in [0.15, 0.2) is 6.61 Å². The van der Waals surface area contributed by atoms with Crippen molar-refractivity contribution >= 4 is 17.5 Å². The Morgan fingerprint density at radius 2 is 2.12 bits per heavy atom. The zero-order valence-corrected chi connectivity index (χ0v) is 14.4. The van der Waals surface area contributed by atoms with Crippen molar-refractivity contribution in [1.29, 1.82) is 0 Å². The highest BCUT2D eigenvalue weighted by molar-refractivity contribution is 5.99. The molecule has 0 radical (unpaired) electrons. The second kappa shape index (κ2) is 4.98. The van der Waals surface area contributed by atoms with Crippen molar-refractivity contribution in [2.24, 2.45) is 16.7 Å². The number of carbonyl (C=O) groups is 2. The van der Waals surface area contributed by atoms with Gasteiger partial charge in [0.2, 0.25) is 0 Å². The predicted molar refractivity (Wildman–Crippen MR) is 91.0 cm³/mol. The Bertz CT molecular complexity index is 727. The van der Waals surface area contributed by atoms with Crippen LogP contribution >= 0.6 is 0 Å².